The number of hydrogen-bond acceptors (Lipinski definition) is 7. The molecule has 0 saturated carbocycles. The van der Waals surface area contributed by atoms with Gasteiger partial charge in [-0.2, -0.15) is 0 Å². The zero-order valence-electron chi connectivity index (χ0n) is 52.9. The Balaban J connectivity index is 10.2. The normalized spacial score (nSPS) is 16.7. The summed E-state index contributed by atoms with van der Waals surface area (Å²) in [6.07, 6.45) is 0. The molecule has 0 fully saturated rings. The monoisotopic (exact) mass is 1050 g/mol. The minimum absolute atomic E-state index is 0.158. The molecule has 0 aromatic rings. The van der Waals surface area contributed by atoms with E-state index in [4.69, 9.17) is 25.0 Å². The molecule has 0 unspecified atom stereocenters. The van der Waals surface area contributed by atoms with Gasteiger partial charge in [0.25, 0.3) is 5.97 Å². The fourth-order valence-electron chi connectivity index (χ4n) is 13.9. The molecule has 0 amide bonds. The van der Waals surface area contributed by atoms with Crippen molar-refractivity contribution in [2.24, 2.45) is 0 Å². The lowest BCUT2D eigenvalue weighted by Crippen LogP contribution is -2.79. The van der Waals surface area contributed by atoms with Crippen molar-refractivity contribution in [1.29, 1.82) is 0 Å². The summed E-state index contributed by atoms with van der Waals surface area (Å²) < 4.78 is 50.8. The molecule has 0 rings (SSSR count). The average Bonchev–Trinajstić information content (AvgIpc) is 2.92. The van der Waals surface area contributed by atoms with Crippen molar-refractivity contribution in [2.75, 3.05) is 0 Å². The molecule has 13 heteroatoms. The smallest absolute Gasteiger partial charge is 0.403 e. The Labute approximate surface area is 427 Å². The van der Waals surface area contributed by atoms with E-state index in [1.165, 1.54) is 6.92 Å². The molecule has 0 saturated heterocycles. The first kappa shape index (κ1) is 67.6. The first-order valence-corrected chi connectivity index (χ1v) is 36.9. The van der Waals surface area contributed by atoms with Gasteiger partial charge in [0, 0.05) is 57.3 Å². The van der Waals surface area contributed by atoms with Crippen LogP contribution >= 0.6 is 0 Å². The summed E-state index contributed by atoms with van der Waals surface area (Å²) in [5.41, 5.74) is 0. The fraction of sp³-hybridized carbons (Fsp3) is 0.981. The highest BCUT2D eigenvalue weighted by molar-refractivity contribution is 6.99. The van der Waals surface area contributed by atoms with Crippen LogP contribution in [0.25, 0.3) is 0 Å². The molecule has 7 nitrogen and oxygen atoms in total. The molecule has 0 heterocycles. The summed E-state index contributed by atoms with van der Waals surface area (Å²) >= 11 is 0. The lowest BCUT2D eigenvalue weighted by Gasteiger charge is -2.68. The standard InChI is InChI=1S/C54H120O7Si6/c1-41(55)56-63(45(11,12)13,46(14,15)16)58-65(49(23,24)25,50(26,27)28)60-67(53(35,36)37,54(38,39)40)61-66(51(29,30)31,52(32,33)34)59-64(47(17,18)19,48(20,21)22)57-62(42(2,3)4,43(5,6)7)44(8,9)10/h1-40H3. The maximum Gasteiger partial charge on any atom is 0.403 e. The van der Waals surface area contributed by atoms with E-state index in [0.29, 0.717) is 0 Å². The van der Waals surface area contributed by atoms with Crippen LogP contribution in [0.4, 0.5) is 0 Å². The van der Waals surface area contributed by atoms with Gasteiger partial charge in [-0.1, -0.05) is 270 Å². The van der Waals surface area contributed by atoms with Gasteiger partial charge in [-0.05, 0) is 15.1 Å². The van der Waals surface area contributed by atoms with E-state index in [9.17, 15) is 4.79 Å². The van der Waals surface area contributed by atoms with Gasteiger partial charge in [-0.15, -0.1) is 0 Å². The van der Waals surface area contributed by atoms with Gasteiger partial charge in [-0.25, -0.2) is 0 Å². The summed E-state index contributed by atoms with van der Waals surface area (Å²) in [5, 5.41) is -5.38. The van der Waals surface area contributed by atoms with Crippen LogP contribution in [0.3, 0.4) is 0 Å². The van der Waals surface area contributed by atoms with Gasteiger partial charge in [-0.3, -0.25) is 4.79 Å². The highest BCUT2D eigenvalue weighted by Gasteiger charge is 2.79. The predicted octanol–water partition coefficient (Wildman–Crippen LogP) is 20.2. The highest BCUT2D eigenvalue weighted by Crippen LogP contribution is 2.71. The maximum atomic E-state index is 13.6. The van der Waals surface area contributed by atoms with Crippen LogP contribution in [-0.4, -0.2) is 57.1 Å². The third-order valence-electron chi connectivity index (χ3n) is 14.8. The molecule has 0 aliphatic rings. The zero-order chi connectivity index (χ0) is 55.3. The van der Waals surface area contributed by atoms with Gasteiger partial charge < -0.3 is 25.0 Å². The first-order chi connectivity index (χ1) is 28.2. The molecular weight excluding hydrogens is 929 g/mol. The van der Waals surface area contributed by atoms with Gasteiger partial charge in [0.15, 0.2) is 8.32 Å². The molecule has 0 aliphatic heterocycles. The quantitative estimate of drug-likeness (QED) is 0.191. The maximum absolute atomic E-state index is 13.6. The molecule has 402 valence electrons. The Morgan fingerprint density at radius 1 is 0.224 bits per heavy atom. The molecule has 0 aliphatic carbocycles. The van der Waals surface area contributed by atoms with Crippen LogP contribution in [-0.2, 0) is 29.8 Å². The second-order valence-electron chi connectivity index (χ2n) is 34.1. The average molecular weight is 1050 g/mol. The summed E-state index contributed by atoms with van der Waals surface area (Å²) in [4.78, 5) is 13.6. The Hall–Kier alpha value is 0.571. The van der Waals surface area contributed by atoms with E-state index in [2.05, 4.69) is 270 Å². The minimum Gasteiger partial charge on any atom is -0.494 e. The van der Waals surface area contributed by atoms with Crippen molar-refractivity contribution in [3.8, 4) is 0 Å². The molecule has 0 aromatic heterocycles. The molecule has 0 radical (unpaired) electrons. The summed E-state index contributed by atoms with van der Waals surface area (Å²) in [6, 6.07) is 0. The Bertz CT molecular complexity index is 1570. The molecule has 0 atom stereocenters. The van der Waals surface area contributed by atoms with E-state index in [-0.39, 0.29) is 21.1 Å². The third-order valence-corrected chi connectivity index (χ3v) is 53.0. The Kier molecular flexibility index (Phi) is 18.9. The Morgan fingerprint density at radius 3 is 0.478 bits per heavy atom. The van der Waals surface area contributed by atoms with E-state index in [1.807, 2.05) is 0 Å². The second-order valence-corrected chi connectivity index (χ2v) is 65.4. The minimum atomic E-state index is -3.82. The molecule has 0 aromatic carbocycles. The van der Waals surface area contributed by atoms with E-state index < -0.39 is 102 Å². The van der Waals surface area contributed by atoms with Gasteiger partial charge in [0.05, 0.1) is 0 Å². The van der Waals surface area contributed by atoms with Crippen LogP contribution in [0, 0.1) is 0 Å². The SMILES string of the molecule is CC(=O)O[Si](O[Si](O[Si](O[Si](O[Si](O[Si](C(C)(C)C)(C(C)(C)C)C(C)(C)C)(C(C)(C)C)C(C)(C)C)(C(C)(C)C)C(C)(C)C)(C(C)(C)C)C(C)(C)C)(C(C)(C)C)C(C)(C)C)(C(C)(C)C)C(C)(C)C. The lowest BCUT2D eigenvalue weighted by molar-refractivity contribution is -0.134. The molecular formula is C54H120O7Si6. The number of rotatable bonds is 11. The third kappa shape index (κ3) is 11.9. The van der Waals surface area contributed by atoms with Crippen molar-refractivity contribution < 1.29 is 29.8 Å². The number of carbonyl (C=O) groups is 1. The van der Waals surface area contributed by atoms with Gasteiger partial charge in [0.1, 0.15) is 0 Å². The lowest BCUT2D eigenvalue weighted by atomic mass is 10.2. The topological polar surface area (TPSA) is 72.5 Å². The summed E-state index contributed by atoms with van der Waals surface area (Å²) in [7, 11) is -21.5. The molecule has 67 heavy (non-hydrogen) atoms. The summed E-state index contributed by atoms with van der Waals surface area (Å²) in [6.45, 7) is 92.9. The van der Waals surface area contributed by atoms with E-state index in [0.717, 1.165) is 0 Å². The predicted molar refractivity (Wildman–Crippen MR) is 308 cm³/mol. The molecule has 0 spiro atoms. The van der Waals surface area contributed by atoms with Crippen LogP contribution in [0.5, 0.6) is 0 Å². The second kappa shape index (κ2) is 18.7. The number of hydrogen-bond donors (Lipinski definition) is 0. The van der Waals surface area contributed by atoms with Crippen molar-refractivity contribution in [1.82, 2.24) is 0 Å². The largest absolute Gasteiger partial charge is 0.494 e. The zero-order valence-corrected chi connectivity index (χ0v) is 58.9. The van der Waals surface area contributed by atoms with Crippen LogP contribution in [0.1, 0.15) is 277 Å². The van der Waals surface area contributed by atoms with Gasteiger partial charge >= 0.3 is 42.8 Å². The van der Waals surface area contributed by atoms with Crippen molar-refractivity contribution in [3.05, 3.63) is 0 Å². The van der Waals surface area contributed by atoms with E-state index in [1.54, 1.807) is 0 Å². The van der Waals surface area contributed by atoms with E-state index >= 15 is 0 Å². The van der Waals surface area contributed by atoms with Crippen molar-refractivity contribution in [3.63, 3.8) is 0 Å². The first-order valence-electron chi connectivity index (χ1n) is 25.9. The number of carbonyl (C=O) groups excluding carboxylic acids is 1. The van der Waals surface area contributed by atoms with Crippen molar-refractivity contribution >= 4 is 57.1 Å². The van der Waals surface area contributed by atoms with Gasteiger partial charge in [0.2, 0.25) is 0 Å². The van der Waals surface area contributed by atoms with Crippen molar-refractivity contribution in [2.45, 2.75) is 342 Å². The molecule has 0 N–H and O–H groups in total. The highest BCUT2D eigenvalue weighted by atomic mass is 28.5. The molecule has 0 bridgehead atoms. The summed E-state index contributed by atoms with van der Waals surface area (Å²) in [5.74, 6) is -0.319. The van der Waals surface area contributed by atoms with Crippen LogP contribution < -0.4 is 0 Å². The Morgan fingerprint density at radius 2 is 0.358 bits per heavy atom. The van der Waals surface area contributed by atoms with Crippen LogP contribution in [0.15, 0.2) is 0 Å². The van der Waals surface area contributed by atoms with Crippen LogP contribution in [0.2, 0.25) is 65.5 Å². The fourth-order valence-corrected chi connectivity index (χ4v) is 69.1.